The second-order valence-corrected chi connectivity index (χ2v) is 11.6. The number of carbonyl (C=O) groups excluding carboxylic acids is 1. The van der Waals surface area contributed by atoms with Crippen LogP contribution in [0.2, 0.25) is 0 Å². The van der Waals surface area contributed by atoms with E-state index in [2.05, 4.69) is 20.1 Å². The third-order valence-electron chi connectivity index (χ3n) is 6.87. The number of nitrogens with one attached hydrogen (secondary N) is 2. The van der Waals surface area contributed by atoms with Gasteiger partial charge >= 0.3 is 0 Å². The monoisotopic (exact) mass is 592 g/mol. The van der Waals surface area contributed by atoms with Crippen molar-refractivity contribution in [1.29, 1.82) is 0 Å². The van der Waals surface area contributed by atoms with Gasteiger partial charge in [0.2, 0.25) is 15.9 Å². The fraction of sp³-hybridized carbons (Fsp3) is 0.276. The van der Waals surface area contributed by atoms with Crippen LogP contribution in [0.25, 0.3) is 5.69 Å². The van der Waals surface area contributed by atoms with Crippen LogP contribution in [0.5, 0.6) is 11.6 Å². The van der Waals surface area contributed by atoms with Crippen LogP contribution in [-0.2, 0) is 16.6 Å². The first kappa shape index (κ1) is 30.3. The Bertz CT molecular complexity index is 1740. The number of nitrogens with zero attached hydrogens (tertiary/aromatic N) is 4. The van der Waals surface area contributed by atoms with Gasteiger partial charge in [-0.05, 0) is 69.0 Å². The molecule has 2 aromatic carbocycles. The number of ether oxygens (including phenoxy) is 1. The van der Waals surface area contributed by atoms with Crippen molar-refractivity contribution in [3.05, 3.63) is 99.0 Å². The van der Waals surface area contributed by atoms with Crippen LogP contribution in [0.15, 0.2) is 65.8 Å². The number of aromatic nitrogens is 3. The number of pyridine rings is 1. The van der Waals surface area contributed by atoms with Gasteiger partial charge in [0.1, 0.15) is 10.6 Å². The molecule has 0 aliphatic rings. The lowest BCUT2D eigenvalue weighted by molar-refractivity contribution is -0.385. The normalized spacial score (nSPS) is 12.1. The predicted octanol–water partition coefficient (Wildman–Crippen LogP) is 4.90. The Morgan fingerprint density at radius 1 is 1.12 bits per heavy atom. The van der Waals surface area contributed by atoms with E-state index in [0.29, 0.717) is 17.7 Å². The molecule has 1 amide bonds. The first-order valence-corrected chi connectivity index (χ1v) is 14.7. The zero-order valence-electron chi connectivity index (χ0n) is 23.9. The van der Waals surface area contributed by atoms with Gasteiger partial charge in [0.05, 0.1) is 10.6 Å². The molecule has 2 N–H and O–H groups in total. The van der Waals surface area contributed by atoms with Gasteiger partial charge in [-0.15, -0.1) is 0 Å². The van der Waals surface area contributed by atoms with Crippen molar-refractivity contribution >= 4 is 21.6 Å². The zero-order chi connectivity index (χ0) is 30.6. The van der Waals surface area contributed by atoms with Crippen molar-refractivity contribution in [2.24, 2.45) is 0 Å². The van der Waals surface area contributed by atoms with Crippen molar-refractivity contribution in [2.75, 3.05) is 0 Å². The van der Waals surface area contributed by atoms with Crippen molar-refractivity contribution < 1.29 is 22.9 Å². The van der Waals surface area contributed by atoms with Gasteiger partial charge in [0, 0.05) is 42.7 Å². The SMILES string of the molecule is CCC(C)NS(=O)(=O)c1cc([N+](=O)[O-])ccc1Oc1c(C)c(C(=O)NCc2cccnc2)nn1-c1cccc(C)c1C. The van der Waals surface area contributed by atoms with E-state index in [9.17, 15) is 23.3 Å². The molecule has 0 saturated carbocycles. The number of non-ortho nitro benzene ring substituents is 1. The molecule has 1 unspecified atom stereocenters. The summed E-state index contributed by atoms with van der Waals surface area (Å²) in [4.78, 5) is 27.8. The molecule has 4 rings (SSSR count). The molecule has 2 heterocycles. The Kier molecular flexibility index (Phi) is 9.02. The van der Waals surface area contributed by atoms with E-state index in [1.165, 1.54) is 10.7 Å². The van der Waals surface area contributed by atoms with E-state index in [1.54, 1.807) is 38.4 Å². The van der Waals surface area contributed by atoms with Crippen molar-refractivity contribution in [3.63, 3.8) is 0 Å². The van der Waals surface area contributed by atoms with Crippen LogP contribution in [0.4, 0.5) is 5.69 Å². The average Bonchev–Trinajstić information content (AvgIpc) is 3.28. The largest absolute Gasteiger partial charge is 0.437 e. The van der Waals surface area contributed by atoms with E-state index in [0.717, 1.165) is 28.8 Å². The maximum atomic E-state index is 13.4. The number of aryl methyl sites for hydroxylation is 1. The van der Waals surface area contributed by atoms with Gasteiger partial charge in [-0.25, -0.2) is 13.1 Å². The molecule has 0 bridgehead atoms. The van der Waals surface area contributed by atoms with Gasteiger partial charge in [-0.2, -0.15) is 9.78 Å². The van der Waals surface area contributed by atoms with Crippen LogP contribution in [0, 0.1) is 30.9 Å². The Morgan fingerprint density at radius 3 is 2.55 bits per heavy atom. The third-order valence-corrected chi connectivity index (χ3v) is 8.48. The predicted molar refractivity (Wildman–Crippen MR) is 156 cm³/mol. The smallest absolute Gasteiger partial charge is 0.272 e. The summed E-state index contributed by atoms with van der Waals surface area (Å²) >= 11 is 0. The molecule has 0 spiro atoms. The Balaban J connectivity index is 1.84. The van der Waals surface area contributed by atoms with Gasteiger partial charge in [0.25, 0.3) is 11.6 Å². The first-order chi connectivity index (χ1) is 19.9. The molecule has 4 aromatic rings. The number of hydrogen-bond donors (Lipinski definition) is 2. The zero-order valence-corrected chi connectivity index (χ0v) is 24.7. The van der Waals surface area contributed by atoms with Crippen LogP contribution in [0.3, 0.4) is 0 Å². The minimum Gasteiger partial charge on any atom is -0.437 e. The summed E-state index contributed by atoms with van der Waals surface area (Å²) in [6.07, 6.45) is 3.77. The van der Waals surface area contributed by atoms with Crippen LogP contribution >= 0.6 is 0 Å². The van der Waals surface area contributed by atoms with E-state index in [4.69, 9.17) is 4.74 Å². The van der Waals surface area contributed by atoms with Gasteiger partial charge in [0.15, 0.2) is 5.69 Å². The summed E-state index contributed by atoms with van der Waals surface area (Å²) in [6.45, 7) is 9.17. The molecule has 0 saturated heterocycles. The molecule has 13 heteroatoms. The molecule has 42 heavy (non-hydrogen) atoms. The van der Waals surface area contributed by atoms with Crippen LogP contribution in [0.1, 0.15) is 53.0 Å². The summed E-state index contributed by atoms with van der Waals surface area (Å²) in [5.41, 5.74) is 3.23. The lowest BCUT2D eigenvalue weighted by Gasteiger charge is -2.17. The maximum absolute atomic E-state index is 13.4. The van der Waals surface area contributed by atoms with Gasteiger partial charge in [-0.3, -0.25) is 19.9 Å². The molecule has 0 aliphatic carbocycles. The highest BCUT2D eigenvalue weighted by Gasteiger charge is 2.29. The molecular formula is C29H32N6O6S. The van der Waals surface area contributed by atoms with Crippen molar-refractivity contribution in [1.82, 2.24) is 24.8 Å². The second-order valence-electron chi connectivity index (χ2n) is 9.87. The number of nitro groups is 1. The standard InChI is InChI=1S/C29H32N6O6S/c1-6-19(3)33-42(39,40)26-15-23(35(37)38)12-13-25(26)41-29-21(5)27(28(36)31-17-22-10-8-14-30-16-22)32-34(29)24-11-7-9-18(2)20(24)4/h7-16,19,33H,6,17H2,1-5H3,(H,31,36). The average molecular weight is 593 g/mol. The number of benzene rings is 2. The highest BCUT2D eigenvalue weighted by atomic mass is 32.2. The number of hydrogen-bond acceptors (Lipinski definition) is 8. The molecule has 0 aliphatic heterocycles. The Hall–Kier alpha value is -4.62. The number of nitro benzene ring substituents is 1. The summed E-state index contributed by atoms with van der Waals surface area (Å²) in [5, 5.41) is 18.9. The van der Waals surface area contributed by atoms with E-state index >= 15 is 0 Å². The molecule has 0 radical (unpaired) electrons. The molecule has 220 valence electrons. The Morgan fingerprint density at radius 2 is 1.88 bits per heavy atom. The lowest BCUT2D eigenvalue weighted by atomic mass is 10.1. The minimum atomic E-state index is -4.23. The number of carbonyl (C=O) groups is 1. The molecule has 12 nitrogen and oxygen atoms in total. The fourth-order valence-corrected chi connectivity index (χ4v) is 5.61. The highest BCUT2D eigenvalue weighted by Crippen LogP contribution is 2.36. The summed E-state index contributed by atoms with van der Waals surface area (Å²) in [7, 11) is -4.23. The van der Waals surface area contributed by atoms with Crippen LogP contribution < -0.4 is 14.8 Å². The number of amides is 1. The van der Waals surface area contributed by atoms with Crippen LogP contribution in [-0.4, -0.2) is 40.1 Å². The Labute approximate surface area is 244 Å². The fourth-order valence-electron chi connectivity index (χ4n) is 4.13. The van der Waals surface area contributed by atoms with Gasteiger partial charge < -0.3 is 10.1 Å². The molecule has 0 fully saturated rings. The maximum Gasteiger partial charge on any atom is 0.272 e. The van der Waals surface area contributed by atoms with Crippen molar-refractivity contribution in [3.8, 4) is 17.3 Å². The third kappa shape index (κ3) is 6.47. The first-order valence-electron chi connectivity index (χ1n) is 13.2. The summed E-state index contributed by atoms with van der Waals surface area (Å²) in [5.74, 6) is -0.544. The van der Waals surface area contributed by atoms with E-state index < -0.39 is 37.5 Å². The highest BCUT2D eigenvalue weighted by molar-refractivity contribution is 7.89. The van der Waals surface area contributed by atoms with Crippen molar-refractivity contribution in [2.45, 2.75) is 58.5 Å². The summed E-state index contributed by atoms with van der Waals surface area (Å²) in [6, 6.07) is 12.1. The van der Waals surface area contributed by atoms with E-state index in [1.807, 2.05) is 39.0 Å². The summed E-state index contributed by atoms with van der Waals surface area (Å²) < 4.78 is 36.9. The molecule has 1 atom stereocenters. The number of sulfonamides is 1. The molecule has 2 aromatic heterocycles. The minimum absolute atomic E-state index is 0.0684. The van der Waals surface area contributed by atoms with Gasteiger partial charge in [-0.1, -0.05) is 25.1 Å². The quantitative estimate of drug-likeness (QED) is 0.184. The second kappa shape index (κ2) is 12.5. The topological polar surface area (TPSA) is 158 Å². The molecular weight excluding hydrogens is 560 g/mol. The lowest BCUT2D eigenvalue weighted by Crippen LogP contribution is -2.32. The van der Waals surface area contributed by atoms with E-state index in [-0.39, 0.29) is 23.9 Å². The number of rotatable bonds is 11.